The zero-order valence-corrected chi connectivity index (χ0v) is 20.5. The van der Waals surface area contributed by atoms with E-state index < -0.39 is 0 Å². The number of benzene rings is 2. The molecule has 7 heteroatoms. The molecule has 1 atom stereocenters. The molecular weight excluding hydrogens is 440 g/mol. The molecule has 5 rings (SSSR count). The summed E-state index contributed by atoms with van der Waals surface area (Å²) in [5.74, 6) is 0.312. The fourth-order valence-electron chi connectivity index (χ4n) is 5.12. The first-order chi connectivity index (χ1) is 16.9. The number of rotatable bonds is 6. The molecule has 7 nitrogen and oxygen atoms in total. The molecule has 2 N–H and O–H groups in total. The summed E-state index contributed by atoms with van der Waals surface area (Å²) in [6.07, 6.45) is 4.17. The number of aromatic nitrogens is 3. The highest BCUT2D eigenvalue weighted by atomic mass is 16.5. The second-order valence-electron chi connectivity index (χ2n) is 9.93. The maximum Gasteiger partial charge on any atom is 0.259 e. The Labute approximate surface area is 204 Å². The molecule has 1 amide bonds. The Balaban J connectivity index is 1.58. The van der Waals surface area contributed by atoms with Crippen LogP contribution in [0.4, 0.5) is 0 Å². The summed E-state index contributed by atoms with van der Waals surface area (Å²) in [4.78, 5) is 29.4. The summed E-state index contributed by atoms with van der Waals surface area (Å²) in [6.45, 7) is 7.59. The van der Waals surface area contributed by atoms with Crippen LogP contribution in [-0.4, -0.2) is 33.9 Å². The van der Waals surface area contributed by atoms with E-state index in [1.54, 1.807) is 6.20 Å². The summed E-state index contributed by atoms with van der Waals surface area (Å²) in [7, 11) is 0. The van der Waals surface area contributed by atoms with Gasteiger partial charge in [-0.25, -0.2) is 0 Å². The molecule has 2 aromatic heterocycles. The van der Waals surface area contributed by atoms with Gasteiger partial charge in [0.1, 0.15) is 0 Å². The van der Waals surface area contributed by atoms with Gasteiger partial charge >= 0.3 is 0 Å². The lowest BCUT2D eigenvalue weighted by Crippen LogP contribution is -2.30. The average molecular weight is 473 g/mol. The topological polar surface area (TPSA) is 89.0 Å². The molecule has 1 saturated heterocycles. The van der Waals surface area contributed by atoms with E-state index >= 15 is 0 Å². The van der Waals surface area contributed by atoms with Gasteiger partial charge < -0.3 is 15.0 Å². The molecule has 0 aliphatic carbocycles. The fourth-order valence-corrected chi connectivity index (χ4v) is 5.12. The Morgan fingerprint density at radius 1 is 1.17 bits per heavy atom. The van der Waals surface area contributed by atoms with Gasteiger partial charge in [0.25, 0.3) is 11.5 Å². The van der Waals surface area contributed by atoms with Gasteiger partial charge in [0.15, 0.2) is 0 Å². The van der Waals surface area contributed by atoms with Crippen molar-refractivity contribution in [2.24, 2.45) is 5.92 Å². The van der Waals surface area contributed by atoms with Gasteiger partial charge in [-0.05, 0) is 55.4 Å². The van der Waals surface area contributed by atoms with Crippen molar-refractivity contribution in [3.05, 3.63) is 75.7 Å². The third-order valence-electron chi connectivity index (χ3n) is 6.90. The molecular formula is C28H32N4O3. The predicted octanol–water partition coefficient (Wildman–Crippen LogP) is 5.05. The number of amides is 1. The molecule has 35 heavy (non-hydrogen) atoms. The van der Waals surface area contributed by atoms with Crippen molar-refractivity contribution in [3.8, 4) is 0 Å². The molecule has 1 aliphatic heterocycles. The van der Waals surface area contributed by atoms with Gasteiger partial charge in [0.2, 0.25) is 0 Å². The van der Waals surface area contributed by atoms with Crippen LogP contribution in [0.25, 0.3) is 21.8 Å². The molecule has 1 fully saturated rings. The van der Waals surface area contributed by atoms with Crippen molar-refractivity contribution in [2.75, 3.05) is 13.2 Å². The molecule has 0 spiro atoms. The molecule has 0 bridgehead atoms. The number of ether oxygens (including phenoxy) is 1. The lowest BCUT2D eigenvalue weighted by Gasteiger charge is -2.24. The number of hydrogen-bond donors (Lipinski definition) is 2. The number of H-pyrrole nitrogens is 1. The summed E-state index contributed by atoms with van der Waals surface area (Å²) in [6, 6.07) is 14.0. The Bertz CT molecular complexity index is 1420. The molecule has 4 aromatic rings. The number of hydrogen-bond acceptors (Lipinski definition) is 4. The van der Waals surface area contributed by atoms with Crippen LogP contribution in [0.3, 0.4) is 0 Å². The molecule has 0 radical (unpaired) electrons. The number of carbonyl (C=O) groups is 1. The van der Waals surface area contributed by atoms with Crippen LogP contribution in [0.5, 0.6) is 0 Å². The van der Waals surface area contributed by atoms with Gasteiger partial charge in [-0.1, -0.05) is 44.2 Å². The number of aryl methyl sites for hydroxylation is 1. The first-order valence-corrected chi connectivity index (χ1v) is 12.4. The molecule has 3 heterocycles. The number of carbonyl (C=O) groups excluding carboxylic acids is 1. The van der Waals surface area contributed by atoms with E-state index in [0.29, 0.717) is 35.6 Å². The van der Waals surface area contributed by atoms with Gasteiger partial charge in [-0.2, -0.15) is 5.10 Å². The van der Waals surface area contributed by atoms with Gasteiger partial charge in [0, 0.05) is 24.2 Å². The largest absolute Gasteiger partial charge is 0.381 e. The predicted molar refractivity (Wildman–Crippen MR) is 138 cm³/mol. The zero-order valence-electron chi connectivity index (χ0n) is 20.5. The van der Waals surface area contributed by atoms with Crippen molar-refractivity contribution in [1.29, 1.82) is 0 Å². The second-order valence-corrected chi connectivity index (χ2v) is 9.93. The van der Waals surface area contributed by atoms with Crippen molar-refractivity contribution >= 4 is 27.7 Å². The number of pyridine rings is 1. The highest BCUT2D eigenvalue weighted by Crippen LogP contribution is 2.30. The van der Waals surface area contributed by atoms with Crippen molar-refractivity contribution in [3.63, 3.8) is 0 Å². The molecule has 1 aliphatic rings. The SMILES string of the molecule is Cc1cc2[nH]c(=O)c3cnn(C4CCOCC4)c3c2cc1C(=O)NC(CC(C)C)c1ccccc1. The van der Waals surface area contributed by atoms with E-state index in [4.69, 9.17) is 4.74 Å². The highest BCUT2D eigenvalue weighted by molar-refractivity contribution is 6.07. The highest BCUT2D eigenvalue weighted by Gasteiger charge is 2.23. The quantitative estimate of drug-likeness (QED) is 0.411. The number of aromatic amines is 1. The molecule has 0 saturated carbocycles. The zero-order chi connectivity index (χ0) is 24.5. The maximum absolute atomic E-state index is 13.6. The lowest BCUT2D eigenvalue weighted by atomic mass is 9.96. The van der Waals surface area contributed by atoms with Crippen LogP contribution in [0.2, 0.25) is 0 Å². The van der Waals surface area contributed by atoms with E-state index in [2.05, 4.69) is 41.4 Å². The standard InChI is InChI=1S/C28H32N4O3/c1-17(2)13-24(19-7-5-4-6-8-19)30-27(33)21-15-22-25(14-18(21)3)31-28(34)23-16-29-32(26(22)23)20-9-11-35-12-10-20/h4-8,14-17,20,24H,9-13H2,1-3H3,(H,30,33)(H,31,34). The lowest BCUT2D eigenvalue weighted by molar-refractivity contribution is 0.0675. The summed E-state index contributed by atoms with van der Waals surface area (Å²) < 4.78 is 7.48. The monoisotopic (exact) mass is 472 g/mol. The van der Waals surface area contributed by atoms with Crippen LogP contribution in [0, 0.1) is 12.8 Å². The first kappa shape index (κ1) is 23.3. The van der Waals surface area contributed by atoms with Crippen LogP contribution in [0.15, 0.2) is 53.5 Å². The van der Waals surface area contributed by atoms with Crippen LogP contribution < -0.4 is 10.9 Å². The first-order valence-electron chi connectivity index (χ1n) is 12.4. The van der Waals surface area contributed by atoms with E-state index in [1.807, 2.05) is 41.9 Å². The fraction of sp³-hybridized carbons (Fsp3) is 0.393. The summed E-state index contributed by atoms with van der Waals surface area (Å²) >= 11 is 0. The Hall–Kier alpha value is -3.45. The van der Waals surface area contributed by atoms with Crippen molar-refractivity contribution < 1.29 is 9.53 Å². The van der Waals surface area contributed by atoms with E-state index in [9.17, 15) is 9.59 Å². The van der Waals surface area contributed by atoms with Crippen LogP contribution >= 0.6 is 0 Å². The number of fused-ring (bicyclic) bond motifs is 3. The minimum atomic E-state index is -0.163. The number of nitrogens with one attached hydrogen (secondary N) is 2. The van der Waals surface area contributed by atoms with Gasteiger partial charge in [-0.15, -0.1) is 0 Å². The number of nitrogens with zero attached hydrogens (tertiary/aromatic N) is 2. The third kappa shape index (κ3) is 4.60. The van der Waals surface area contributed by atoms with Gasteiger partial charge in [0.05, 0.1) is 34.7 Å². The Morgan fingerprint density at radius 3 is 2.63 bits per heavy atom. The third-order valence-corrected chi connectivity index (χ3v) is 6.90. The van der Waals surface area contributed by atoms with Gasteiger partial charge in [-0.3, -0.25) is 14.3 Å². The minimum absolute atomic E-state index is 0.0813. The van der Waals surface area contributed by atoms with Crippen molar-refractivity contribution in [1.82, 2.24) is 20.1 Å². The molecule has 1 unspecified atom stereocenters. The average Bonchev–Trinajstić information content (AvgIpc) is 3.30. The second kappa shape index (κ2) is 9.66. The van der Waals surface area contributed by atoms with E-state index in [0.717, 1.165) is 41.3 Å². The summed E-state index contributed by atoms with van der Waals surface area (Å²) in [5.41, 5.74) is 3.85. The van der Waals surface area contributed by atoms with Crippen molar-refractivity contribution in [2.45, 2.75) is 52.1 Å². The molecule has 2 aromatic carbocycles. The normalized spacial score (nSPS) is 15.7. The smallest absolute Gasteiger partial charge is 0.259 e. The summed E-state index contributed by atoms with van der Waals surface area (Å²) in [5, 5.41) is 9.23. The maximum atomic E-state index is 13.6. The van der Waals surface area contributed by atoms with E-state index in [-0.39, 0.29) is 23.6 Å². The van der Waals surface area contributed by atoms with Crippen LogP contribution in [0.1, 0.15) is 66.7 Å². The molecule has 182 valence electrons. The minimum Gasteiger partial charge on any atom is -0.381 e. The Morgan fingerprint density at radius 2 is 1.91 bits per heavy atom. The Kier molecular flexibility index (Phi) is 6.43. The van der Waals surface area contributed by atoms with Crippen LogP contribution in [-0.2, 0) is 4.74 Å². The van der Waals surface area contributed by atoms with E-state index in [1.165, 1.54) is 0 Å².